The van der Waals surface area contributed by atoms with E-state index in [9.17, 15) is 13.2 Å². The minimum Gasteiger partial charge on any atom is -0.385 e. The SMILES string of the molecule is COCCC(N)c1nc(CCOCC(F)(F)F)no1. The average molecular weight is 283 g/mol. The van der Waals surface area contributed by atoms with Crippen molar-refractivity contribution >= 4 is 0 Å². The number of halogens is 3. The van der Waals surface area contributed by atoms with E-state index in [1.165, 1.54) is 0 Å². The molecule has 0 aliphatic rings. The number of alkyl halides is 3. The van der Waals surface area contributed by atoms with Crippen LogP contribution in [-0.2, 0) is 15.9 Å². The summed E-state index contributed by atoms with van der Waals surface area (Å²) in [4.78, 5) is 3.98. The molecule has 19 heavy (non-hydrogen) atoms. The maximum atomic E-state index is 11.8. The topological polar surface area (TPSA) is 83.4 Å². The minimum atomic E-state index is -4.33. The second-order valence-electron chi connectivity index (χ2n) is 3.85. The highest BCUT2D eigenvalue weighted by Crippen LogP contribution is 2.15. The number of methoxy groups -OCH3 is 1. The summed E-state index contributed by atoms with van der Waals surface area (Å²) < 4.78 is 49.6. The molecule has 0 fully saturated rings. The molecule has 1 aromatic heterocycles. The van der Waals surface area contributed by atoms with E-state index in [4.69, 9.17) is 15.0 Å². The zero-order chi connectivity index (χ0) is 14.3. The van der Waals surface area contributed by atoms with Crippen LogP contribution in [0.5, 0.6) is 0 Å². The average Bonchev–Trinajstić information content (AvgIpc) is 2.79. The van der Waals surface area contributed by atoms with E-state index in [0.717, 1.165) is 0 Å². The molecule has 1 atom stereocenters. The van der Waals surface area contributed by atoms with Crippen LogP contribution in [0, 0.1) is 0 Å². The highest BCUT2D eigenvalue weighted by atomic mass is 19.4. The van der Waals surface area contributed by atoms with Crippen LogP contribution in [0.3, 0.4) is 0 Å². The zero-order valence-corrected chi connectivity index (χ0v) is 10.4. The first-order chi connectivity index (χ1) is 8.92. The van der Waals surface area contributed by atoms with Crippen LogP contribution >= 0.6 is 0 Å². The lowest BCUT2D eigenvalue weighted by atomic mass is 10.2. The highest BCUT2D eigenvalue weighted by Gasteiger charge is 2.27. The largest absolute Gasteiger partial charge is 0.411 e. The van der Waals surface area contributed by atoms with Crippen LogP contribution in [0.1, 0.15) is 24.2 Å². The van der Waals surface area contributed by atoms with Crippen molar-refractivity contribution in [3.63, 3.8) is 0 Å². The molecule has 0 saturated carbocycles. The molecule has 1 unspecified atom stereocenters. The van der Waals surface area contributed by atoms with Crippen molar-refractivity contribution in [2.45, 2.75) is 25.1 Å². The van der Waals surface area contributed by atoms with Gasteiger partial charge < -0.3 is 19.7 Å². The van der Waals surface area contributed by atoms with Gasteiger partial charge in [0.05, 0.1) is 12.6 Å². The Labute approximate surface area is 108 Å². The molecule has 0 aliphatic carbocycles. The first-order valence-electron chi connectivity index (χ1n) is 5.64. The van der Waals surface area contributed by atoms with Crippen molar-refractivity contribution in [3.05, 3.63) is 11.7 Å². The fourth-order valence-electron chi connectivity index (χ4n) is 1.24. The second-order valence-corrected chi connectivity index (χ2v) is 3.85. The Kier molecular flexibility index (Phi) is 6.19. The Bertz CT molecular complexity index is 370. The summed E-state index contributed by atoms with van der Waals surface area (Å²) in [6.07, 6.45) is -3.68. The summed E-state index contributed by atoms with van der Waals surface area (Å²) in [7, 11) is 1.55. The Hall–Kier alpha value is -1.19. The van der Waals surface area contributed by atoms with E-state index in [0.29, 0.717) is 13.0 Å². The van der Waals surface area contributed by atoms with E-state index in [1.54, 1.807) is 7.11 Å². The molecule has 0 amide bonds. The predicted octanol–water partition coefficient (Wildman–Crippen LogP) is 1.23. The van der Waals surface area contributed by atoms with Crippen LogP contribution in [0.25, 0.3) is 0 Å². The second kappa shape index (κ2) is 7.41. The zero-order valence-electron chi connectivity index (χ0n) is 10.4. The van der Waals surface area contributed by atoms with Gasteiger partial charge in [-0.2, -0.15) is 18.2 Å². The van der Waals surface area contributed by atoms with Crippen LogP contribution in [0.15, 0.2) is 4.52 Å². The third-order valence-electron chi connectivity index (χ3n) is 2.17. The third kappa shape index (κ3) is 6.50. The normalized spacial score (nSPS) is 13.7. The van der Waals surface area contributed by atoms with E-state index < -0.39 is 18.8 Å². The Morgan fingerprint density at radius 1 is 1.37 bits per heavy atom. The van der Waals surface area contributed by atoms with Crippen LogP contribution in [-0.4, -0.2) is 43.2 Å². The van der Waals surface area contributed by atoms with Crippen molar-refractivity contribution in [1.29, 1.82) is 0 Å². The molecule has 0 radical (unpaired) electrons. The maximum absolute atomic E-state index is 11.8. The van der Waals surface area contributed by atoms with Gasteiger partial charge in [-0.1, -0.05) is 5.16 Å². The summed E-state index contributed by atoms with van der Waals surface area (Å²) in [5.74, 6) is 0.507. The summed E-state index contributed by atoms with van der Waals surface area (Å²) >= 11 is 0. The molecule has 6 nitrogen and oxygen atoms in total. The summed E-state index contributed by atoms with van der Waals surface area (Å²) in [6.45, 7) is -0.968. The lowest BCUT2D eigenvalue weighted by Crippen LogP contribution is -2.18. The van der Waals surface area contributed by atoms with Gasteiger partial charge in [-0.3, -0.25) is 0 Å². The quantitative estimate of drug-likeness (QED) is 0.722. The molecule has 0 aliphatic heterocycles. The first kappa shape index (κ1) is 15.9. The summed E-state index contributed by atoms with van der Waals surface area (Å²) in [5, 5.41) is 3.61. The molecule has 1 rings (SSSR count). The van der Waals surface area contributed by atoms with E-state index in [-0.39, 0.29) is 24.7 Å². The predicted molar refractivity (Wildman–Crippen MR) is 58.3 cm³/mol. The Morgan fingerprint density at radius 3 is 2.74 bits per heavy atom. The van der Waals surface area contributed by atoms with E-state index in [2.05, 4.69) is 14.9 Å². The van der Waals surface area contributed by atoms with Gasteiger partial charge in [-0.05, 0) is 6.42 Å². The van der Waals surface area contributed by atoms with Crippen molar-refractivity contribution in [2.24, 2.45) is 5.73 Å². The number of aromatic nitrogens is 2. The fourth-order valence-corrected chi connectivity index (χ4v) is 1.24. The van der Waals surface area contributed by atoms with Gasteiger partial charge in [0.15, 0.2) is 5.82 Å². The standard InChI is InChI=1S/C10H16F3N3O3/c1-17-4-2-7(14)9-15-8(16-19-9)3-5-18-6-10(11,12)13/h7H,2-6,14H2,1H3. The van der Waals surface area contributed by atoms with E-state index >= 15 is 0 Å². The maximum Gasteiger partial charge on any atom is 0.411 e. The van der Waals surface area contributed by atoms with Crippen LogP contribution < -0.4 is 5.73 Å². The van der Waals surface area contributed by atoms with Gasteiger partial charge in [-0.25, -0.2) is 0 Å². The van der Waals surface area contributed by atoms with E-state index in [1.807, 2.05) is 0 Å². The summed E-state index contributed by atoms with van der Waals surface area (Å²) in [6, 6.07) is -0.447. The molecule has 2 N–H and O–H groups in total. The molecule has 0 saturated heterocycles. The van der Waals surface area contributed by atoms with Crippen molar-refractivity contribution in [1.82, 2.24) is 10.1 Å². The minimum absolute atomic E-state index is 0.133. The monoisotopic (exact) mass is 283 g/mol. The number of rotatable bonds is 8. The fraction of sp³-hybridized carbons (Fsp3) is 0.800. The third-order valence-corrected chi connectivity index (χ3v) is 2.17. The summed E-state index contributed by atoms with van der Waals surface area (Å²) in [5.41, 5.74) is 5.75. The lowest BCUT2D eigenvalue weighted by Gasteiger charge is -2.05. The lowest BCUT2D eigenvalue weighted by molar-refractivity contribution is -0.173. The van der Waals surface area contributed by atoms with Gasteiger partial charge in [0.2, 0.25) is 5.89 Å². The van der Waals surface area contributed by atoms with Gasteiger partial charge in [0.25, 0.3) is 0 Å². The molecule has 1 heterocycles. The number of ether oxygens (including phenoxy) is 2. The van der Waals surface area contributed by atoms with Gasteiger partial charge >= 0.3 is 6.18 Å². The first-order valence-corrected chi connectivity index (χ1v) is 5.64. The molecule has 1 aromatic rings. The highest BCUT2D eigenvalue weighted by molar-refractivity contribution is 4.91. The molecular weight excluding hydrogens is 267 g/mol. The number of nitrogens with zero attached hydrogens (tertiary/aromatic N) is 2. The number of nitrogens with two attached hydrogens (primary N) is 1. The molecule has 0 bridgehead atoms. The molecular formula is C10H16F3N3O3. The molecule has 9 heteroatoms. The Balaban J connectivity index is 2.30. The molecule has 110 valence electrons. The smallest absolute Gasteiger partial charge is 0.385 e. The van der Waals surface area contributed by atoms with Crippen molar-refractivity contribution in [3.8, 4) is 0 Å². The Morgan fingerprint density at radius 2 is 2.11 bits per heavy atom. The van der Waals surface area contributed by atoms with Crippen molar-refractivity contribution in [2.75, 3.05) is 26.9 Å². The number of hydrogen-bond acceptors (Lipinski definition) is 6. The van der Waals surface area contributed by atoms with Crippen molar-refractivity contribution < 1.29 is 27.2 Å². The number of hydrogen-bond donors (Lipinski definition) is 1. The van der Waals surface area contributed by atoms with Crippen LogP contribution in [0.4, 0.5) is 13.2 Å². The van der Waals surface area contributed by atoms with Gasteiger partial charge in [-0.15, -0.1) is 0 Å². The molecule has 0 spiro atoms. The van der Waals surface area contributed by atoms with Gasteiger partial charge in [0.1, 0.15) is 6.61 Å². The van der Waals surface area contributed by atoms with Crippen LogP contribution in [0.2, 0.25) is 0 Å². The molecule has 0 aromatic carbocycles. The van der Waals surface area contributed by atoms with Gasteiger partial charge in [0, 0.05) is 20.1 Å².